The van der Waals surface area contributed by atoms with Crippen LogP contribution in [0.2, 0.25) is 0 Å². The van der Waals surface area contributed by atoms with Crippen molar-refractivity contribution in [2.24, 2.45) is 5.41 Å². The lowest BCUT2D eigenvalue weighted by Gasteiger charge is -2.26. The summed E-state index contributed by atoms with van der Waals surface area (Å²) in [7, 11) is 1.95. The monoisotopic (exact) mass is 532 g/mol. The van der Waals surface area contributed by atoms with Gasteiger partial charge in [0.25, 0.3) is 5.91 Å². The van der Waals surface area contributed by atoms with Crippen molar-refractivity contribution in [2.45, 2.75) is 65.1 Å². The van der Waals surface area contributed by atoms with Gasteiger partial charge in [-0.25, -0.2) is 4.39 Å². The van der Waals surface area contributed by atoms with Gasteiger partial charge in [0.15, 0.2) is 6.29 Å². The van der Waals surface area contributed by atoms with Gasteiger partial charge in [0.05, 0.1) is 23.9 Å². The number of ether oxygens (including phenoxy) is 1. The van der Waals surface area contributed by atoms with Crippen LogP contribution < -0.4 is 5.32 Å². The van der Waals surface area contributed by atoms with E-state index in [9.17, 15) is 9.59 Å². The minimum absolute atomic E-state index is 0.0319. The molecule has 2 atom stereocenters. The highest BCUT2D eigenvalue weighted by molar-refractivity contribution is 5.94. The first kappa shape index (κ1) is 27.2. The molecule has 2 unspecified atom stereocenters. The maximum atomic E-state index is 15.1. The van der Waals surface area contributed by atoms with E-state index in [1.807, 2.05) is 37.4 Å². The molecule has 1 aliphatic carbocycles. The SMILES string of the molecule is CC(c1ccc(C(=O)NC2CCCOC2)cc1)N(C)Cc1cc(-c2n[nH]c3c2CC(C)(C)C3)cc(F)c1C=O. The number of nitrogens with zero attached hydrogens (tertiary/aromatic N) is 2. The number of aromatic nitrogens is 2. The van der Waals surface area contributed by atoms with Crippen LogP contribution in [-0.2, 0) is 24.1 Å². The Hall–Kier alpha value is -3.36. The number of amides is 1. The molecular weight excluding hydrogens is 495 g/mol. The molecule has 2 heterocycles. The number of nitrogens with one attached hydrogen (secondary N) is 2. The molecule has 1 saturated heterocycles. The molecule has 0 radical (unpaired) electrons. The number of hydrogen-bond acceptors (Lipinski definition) is 5. The minimum atomic E-state index is -0.536. The van der Waals surface area contributed by atoms with E-state index >= 15 is 4.39 Å². The van der Waals surface area contributed by atoms with E-state index < -0.39 is 5.82 Å². The Morgan fingerprint density at radius 3 is 2.74 bits per heavy atom. The number of rotatable bonds is 8. The van der Waals surface area contributed by atoms with Crippen LogP contribution in [0.5, 0.6) is 0 Å². The Morgan fingerprint density at radius 1 is 1.28 bits per heavy atom. The standard InChI is InChI=1S/C31H37FN4O3/c1-19(20-7-9-21(10-8-20)30(38)33-24-6-5-11-39-18-24)36(4)16-23-12-22(13-27(32)26(23)17-37)29-25-14-31(2,3)15-28(25)34-35-29/h7-10,12-13,17,19,24H,5-6,11,14-16,18H2,1-4H3,(H,33,38)(H,34,35). The number of aldehydes is 1. The van der Waals surface area contributed by atoms with Crippen molar-refractivity contribution in [3.63, 3.8) is 0 Å². The van der Waals surface area contributed by atoms with Crippen molar-refractivity contribution in [1.82, 2.24) is 20.4 Å². The molecule has 206 valence electrons. The summed E-state index contributed by atoms with van der Waals surface area (Å²) < 4.78 is 20.6. The normalized spacial score (nSPS) is 19.1. The number of fused-ring (bicyclic) bond motifs is 1. The van der Waals surface area contributed by atoms with Crippen molar-refractivity contribution < 1.29 is 18.7 Å². The van der Waals surface area contributed by atoms with E-state index in [2.05, 4.69) is 41.2 Å². The van der Waals surface area contributed by atoms with Crippen LogP contribution in [0.4, 0.5) is 4.39 Å². The lowest BCUT2D eigenvalue weighted by Crippen LogP contribution is -2.40. The van der Waals surface area contributed by atoms with Gasteiger partial charge in [0.2, 0.25) is 0 Å². The second-order valence-electron chi connectivity index (χ2n) is 11.8. The molecule has 7 nitrogen and oxygen atoms in total. The molecule has 39 heavy (non-hydrogen) atoms. The summed E-state index contributed by atoms with van der Waals surface area (Å²) >= 11 is 0. The number of halogens is 1. The van der Waals surface area contributed by atoms with Gasteiger partial charge < -0.3 is 10.1 Å². The zero-order valence-electron chi connectivity index (χ0n) is 23.1. The molecule has 0 bridgehead atoms. The Morgan fingerprint density at radius 2 is 2.05 bits per heavy atom. The Kier molecular flexibility index (Phi) is 7.69. The van der Waals surface area contributed by atoms with Gasteiger partial charge in [-0.05, 0) is 80.5 Å². The minimum Gasteiger partial charge on any atom is -0.379 e. The zero-order valence-corrected chi connectivity index (χ0v) is 23.1. The average molecular weight is 533 g/mol. The Balaban J connectivity index is 1.31. The van der Waals surface area contributed by atoms with Crippen molar-refractivity contribution in [1.29, 1.82) is 0 Å². The van der Waals surface area contributed by atoms with Crippen molar-refractivity contribution in [2.75, 3.05) is 20.3 Å². The third-order valence-electron chi connectivity index (χ3n) is 8.10. The third-order valence-corrected chi connectivity index (χ3v) is 8.10. The predicted molar refractivity (Wildman–Crippen MR) is 148 cm³/mol. The second-order valence-corrected chi connectivity index (χ2v) is 11.8. The predicted octanol–water partition coefficient (Wildman–Crippen LogP) is 5.25. The van der Waals surface area contributed by atoms with E-state index in [-0.39, 0.29) is 29.0 Å². The number of aromatic amines is 1. The van der Waals surface area contributed by atoms with Crippen LogP contribution in [0.1, 0.15) is 82.8 Å². The zero-order chi connectivity index (χ0) is 27.7. The largest absolute Gasteiger partial charge is 0.379 e. The summed E-state index contributed by atoms with van der Waals surface area (Å²) in [5, 5.41) is 10.7. The first-order valence-electron chi connectivity index (χ1n) is 13.7. The fraction of sp³-hybridized carbons (Fsp3) is 0.452. The van der Waals surface area contributed by atoms with Crippen LogP contribution in [0.15, 0.2) is 36.4 Å². The lowest BCUT2D eigenvalue weighted by atomic mass is 9.89. The van der Waals surface area contributed by atoms with Crippen LogP contribution in [0, 0.1) is 11.2 Å². The quantitative estimate of drug-likeness (QED) is 0.387. The third kappa shape index (κ3) is 5.82. The van der Waals surface area contributed by atoms with Gasteiger partial charge in [-0.15, -0.1) is 0 Å². The first-order chi connectivity index (χ1) is 18.6. The molecule has 1 fully saturated rings. The molecule has 1 amide bonds. The maximum absolute atomic E-state index is 15.1. The number of carbonyl (C=O) groups excluding carboxylic acids is 2. The topological polar surface area (TPSA) is 87.3 Å². The van der Waals surface area contributed by atoms with Gasteiger partial charge in [-0.2, -0.15) is 5.10 Å². The first-order valence-corrected chi connectivity index (χ1v) is 13.7. The van der Waals surface area contributed by atoms with Crippen molar-refractivity contribution in [3.05, 3.63) is 75.7 Å². The highest BCUT2D eigenvalue weighted by Gasteiger charge is 2.33. The van der Waals surface area contributed by atoms with Crippen LogP contribution in [0.3, 0.4) is 0 Å². The lowest BCUT2D eigenvalue weighted by molar-refractivity contribution is 0.0624. The van der Waals surface area contributed by atoms with Gasteiger partial charge >= 0.3 is 0 Å². The molecule has 1 aliphatic heterocycles. The van der Waals surface area contributed by atoms with E-state index in [0.717, 1.165) is 54.8 Å². The Labute approximate surface area is 229 Å². The molecule has 8 heteroatoms. The van der Waals surface area contributed by atoms with Gasteiger partial charge in [-0.3, -0.25) is 19.6 Å². The summed E-state index contributed by atoms with van der Waals surface area (Å²) in [6, 6.07) is 10.9. The molecule has 2 N–H and O–H groups in total. The summed E-state index contributed by atoms with van der Waals surface area (Å²) in [5.74, 6) is -0.638. The molecule has 2 aliphatic rings. The number of hydrogen-bond donors (Lipinski definition) is 2. The second kappa shape index (κ2) is 11.0. The number of H-pyrrole nitrogens is 1. The number of benzene rings is 2. The average Bonchev–Trinajstić information content (AvgIpc) is 3.43. The molecule has 0 saturated carbocycles. The van der Waals surface area contributed by atoms with E-state index in [4.69, 9.17) is 4.74 Å². The highest BCUT2D eigenvalue weighted by Crippen LogP contribution is 2.40. The summed E-state index contributed by atoms with van der Waals surface area (Å²) in [6.07, 6.45) is 4.26. The molecular formula is C31H37FN4O3. The van der Waals surface area contributed by atoms with Crippen molar-refractivity contribution in [3.8, 4) is 11.3 Å². The van der Waals surface area contributed by atoms with E-state index in [0.29, 0.717) is 36.1 Å². The van der Waals surface area contributed by atoms with Crippen LogP contribution in [-0.4, -0.2) is 53.6 Å². The maximum Gasteiger partial charge on any atom is 0.251 e. The fourth-order valence-corrected chi connectivity index (χ4v) is 5.77. The van der Waals surface area contributed by atoms with E-state index in [1.54, 1.807) is 0 Å². The molecule has 2 aromatic carbocycles. The summed E-state index contributed by atoms with van der Waals surface area (Å²) in [5.41, 5.74) is 6.13. The van der Waals surface area contributed by atoms with Crippen LogP contribution in [0.25, 0.3) is 11.3 Å². The molecule has 5 rings (SSSR count). The van der Waals surface area contributed by atoms with Crippen LogP contribution >= 0.6 is 0 Å². The van der Waals surface area contributed by atoms with Gasteiger partial charge in [0, 0.05) is 41.6 Å². The van der Waals surface area contributed by atoms with Gasteiger partial charge in [0.1, 0.15) is 5.82 Å². The summed E-state index contributed by atoms with van der Waals surface area (Å²) in [4.78, 5) is 26.6. The van der Waals surface area contributed by atoms with E-state index in [1.165, 1.54) is 6.07 Å². The fourth-order valence-electron chi connectivity index (χ4n) is 5.77. The molecule has 3 aromatic rings. The summed E-state index contributed by atoms with van der Waals surface area (Å²) in [6.45, 7) is 8.16. The Bertz CT molecular complexity index is 1360. The number of carbonyl (C=O) groups is 2. The van der Waals surface area contributed by atoms with Gasteiger partial charge in [-0.1, -0.05) is 26.0 Å². The molecule has 1 aromatic heterocycles. The highest BCUT2D eigenvalue weighted by atomic mass is 19.1. The smallest absolute Gasteiger partial charge is 0.251 e. The molecule has 0 spiro atoms. The van der Waals surface area contributed by atoms with Crippen molar-refractivity contribution >= 4 is 12.2 Å².